The first-order valence-corrected chi connectivity index (χ1v) is 10.2. The van der Waals surface area contributed by atoms with Gasteiger partial charge in [-0.05, 0) is 89.3 Å². The maximum Gasteiger partial charge on any atom is 0.266 e. The zero-order valence-corrected chi connectivity index (χ0v) is 18.0. The largest absolute Gasteiger partial charge is 0.322 e. The molecule has 4 rings (SSSR count). The summed E-state index contributed by atoms with van der Waals surface area (Å²) in [5.41, 5.74) is 2.07. The van der Waals surface area contributed by atoms with Gasteiger partial charge >= 0.3 is 0 Å². The molecule has 138 valence electrons. The van der Waals surface area contributed by atoms with Crippen molar-refractivity contribution in [2.24, 2.45) is 0 Å². The molecule has 0 saturated heterocycles. The minimum atomic E-state index is -0.402. The number of hydrogen-bond acceptors (Lipinski definition) is 3. The molecule has 3 amide bonds. The van der Waals surface area contributed by atoms with E-state index in [1.165, 1.54) is 0 Å². The SMILES string of the molecule is O=C(Nc1ccc2c(c1)C(=O)N(c1ccc(I)cc1)C2=O)c1ccc(Br)cc1. The van der Waals surface area contributed by atoms with Gasteiger partial charge < -0.3 is 5.32 Å². The minimum absolute atomic E-state index is 0.275. The van der Waals surface area contributed by atoms with E-state index in [0.717, 1.165) is 12.9 Å². The molecule has 1 heterocycles. The van der Waals surface area contributed by atoms with E-state index in [4.69, 9.17) is 0 Å². The van der Waals surface area contributed by atoms with Crippen molar-refractivity contribution in [3.8, 4) is 0 Å². The normalized spacial score (nSPS) is 12.9. The second-order valence-electron chi connectivity index (χ2n) is 6.14. The van der Waals surface area contributed by atoms with Gasteiger partial charge in [0.25, 0.3) is 17.7 Å². The van der Waals surface area contributed by atoms with E-state index in [1.807, 2.05) is 12.1 Å². The second-order valence-corrected chi connectivity index (χ2v) is 8.30. The molecule has 0 fully saturated rings. The van der Waals surface area contributed by atoms with Crippen LogP contribution in [0.2, 0.25) is 0 Å². The summed E-state index contributed by atoms with van der Waals surface area (Å²) in [7, 11) is 0. The number of benzene rings is 3. The Morgan fingerprint density at radius 2 is 1.50 bits per heavy atom. The predicted molar refractivity (Wildman–Crippen MR) is 119 cm³/mol. The van der Waals surface area contributed by atoms with Crippen molar-refractivity contribution in [2.45, 2.75) is 0 Å². The maximum atomic E-state index is 12.8. The molecule has 0 saturated carbocycles. The van der Waals surface area contributed by atoms with Gasteiger partial charge in [-0.3, -0.25) is 14.4 Å². The van der Waals surface area contributed by atoms with Gasteiger partial charge in [0.05, 0.1) is 16.8 Å². The third-order valence-corrected chi connectivity index (χ3v) is 5.58. The summed E-state index contributed by atoms with van der Waals surface area (Å²) >= 11 is 5.49. The Bertz CT molecular complexity index is 1110. The molecule has 0 radical (unpaired) electrons. The van der Waals surface area contributed by atoms with E-state index in [2.05, 4.69) is 43.8 Å². The molecule has 0 aromatic heterocycles. The van der Waals surface area contributed by atoms with Gasteiger partial charge in [0.2, 0.25) is 0 Å². The van der Waals surface area contributed by atoms with E-state index < -0.39 is 5.91 Å². The van der Waals surface area contributed by atoms with Crippen LogP contribution >= 0.6 is 38.5 Å². The van der Waals surface area contributed by atoms with Gasteiger partial charge in [0.15, 0.2) is 0 Å². The van der Waals surface area contributed by atoms with Crippen molar-refractivity contribution in [1.82, 2.24) is 0 Å². The van der Waals surface area contributed by atoms with Crippen LogP contribution in [0.1, 0.15) is 31.1 Å². The van der Waals surface area contributed by atoms with Gasteiger partial charge in [-0.2, -0.15) is 0 Å². The van der Waals surface area contributed by atoms with Crippen LogP contribution in [0.5, 0.6) is 0 Å². The Kier molecular flexibility index (Phi) is 5.03. The van der Waals surface area contributed by atoms with Crippen molar-refractivity contribution in [1.29, 1.82) is 0 Å². The molecule has 3 aromatic rings. The molecule has 1 aliphatic rings. The van der Waals surface area contributed by atoms with Crippen LogP contribution in [0.3, 0.4) is 0 Å². The highest BCUT2D eigenvalue weighted by atomic mass is 127. The number of anilines is 2. The van der Waals surface area contributed by atoms with Crippen molar-refractivity contribution in [2.75, 3.05) is 10.2 Å². The highest BCUT2D eigenvalue weighted by Gasteiger charge is 2.36. The van der Waals surface area contributed by atoms with E-state index in [0.29, 0.717) is 22.5 Å². The molecule has 0 unspecified atom stereocenters. The van der Waals surface area contributed by atoms with Crippen LogP contribution < -0.4 is 10.2 Å². The average Bonchev–Trinajstić information content (AvgIpc) is 2.93. The third kappa shape index (κ3) is 3.47. The Balaban J connectivity index is 1.61. The lowest BCUT2D eigenvalue weighted by molar-refractivity contribution is 0.0924. The van der Waals surface area contributed by atoms with Crippen LogP contribution in [0, 0.1) is 3.57 Å². The first kappa shape index (κ1) is 18.8. The number of amides is 3. The molecular formula is C21H12BrIN2O3. The summed E-state index contributed by atoms with van der Waals surface area (Å²) in [6.45, 7) is 0. The lowest BCUT2D eigenvalue weighted by atomic mass is 10.1. The lowest BCUT2D eigenvalue weighted by Crippen LogP contribution is -2.29. The molecule has 1 N–H and O–H groups in total. The smallest absolute Gasteiger partial charge is 0.266 e. The quantitative estimate of drug-likeness (QED) is 0.367. The van der Waals surface area contributed by atoms with E-state index in [9.17, 15) is 14.4 Å². The fourth-order valence-electron chi connectivity index (χ4n) is 2.95. The summed E-state index contributed by atoms with van der Waals surface area (Å²) < 4.78 is 1.89. The summed E-state index contributed by atoms with van der Waals surface area (Å²) in [6, 6.07) is 18.8. The van der Waals surface area contributed by atoms with Crippen LogP contribution in [0.15, 0.2) is 71.2 Å². The van der Waals surface area contributed by atoms with Crippen molar-refractivity contribution < 1.29 is 14.4 Å². The Morgan fingerprint density at radius 3 is 2.18 bits per heavy atom. The van der Waals surface area contributed by atoms with Crippen LogP contribution in [0.25, 0.3) is 0 Å². The highest BCUT2D eigenvalue weighted by Crippen LogP contribution is 2.30. The van der Waals surface area contributed by atoms with Gasteiger partial charge in [-0.25, -0.2) is 4.90 Å². The van der Waals surface area contributed by atoms with Gasteiger partial charge in [0, 0.05) is 19.3 Å². The van der Waals surface area contributed by atoms with Crippen LogP contribution in [0.4, 0.5) is 11.4 Å². The predicted octanol–water partition coefficient (Wildman–Crippen LogP) is 5.11. The maximum absolute atomic E-state index is 12.8. The monoisotopic (exact) mass is 546 g/mol. The van der Waals surface area contributed by atoms with Gasteiger partial charge in [-0.15, -0.1) is 0 Å². The van der Waals surface area contributed by atoms with Crippen molar-refractivity contribution >= 4 is 67.6 Å². The molecule has 0 aliphatic carbocycles. The zero-order valence-electron chi connectivity index (χ0n) is 14.3. The number of carbonyl (C=O) groups excluding carboxylic acids is 3. The third-order valence-electron chi connectivity index (χ3n) is 4.34. The fourth-order valence-corrected chi connectivity index (χ4v) is 3.57. The molecule has 7 heteroatoms. The van der Waals surface area contributed by atoms with E-state index >= 15 is 0 Å². The number of nitrogens with zero attached hydrogens (tertiary/aromatic N) is 1. The van der Waals surface area contributed by atoms with Crippen LogP contribution in [-0.4, -0.2) is 17.7 Å². The summed E-state index contributed by atoms with van der Waals surface area (Å²) in [6.07, 6.45) is 0. The molecule has 5 nitrogen and oxygen atoms in total. The highest BCUT2D eigenvalue weighted by molar-refractivity contribution is 14.1. The average molecular weight is 547 g/mol. The Hall–Kier alpha value is -2.52. The summed E-state index contributed by atoms with van der Waals surface area (Å²) in [5.74, 6) is -1.06. The molecule has 0 bridgehead atoms. The van der Waals surface area contributed by atoms with Gasteiger partial charge in [-0.1, -0.05) is 15.9 Å². The number of halogens is 2. The van der Waals surface area contributed by atoms with Crippen molar-refractivity contribution in [3.63, 3.8) is 0 Å². The van der Waals surface area contributed by atoms with Crippen molar-refractivity contribution in [3.05, 3.63) is 91.5 Å². The number of imide groups is 1. The first-order chi connectivity index (χ1) is 13.4. The molecule has 28 heavy (non-hydrogen) atoms. The number of rotatable bonds is 3. The molecule has 0 atom stereocenters. The minimum Gasteiger partial charge on any atom is -0.322 e. The first-order valence-electron chi connectivity index (χ1n) is 8.29. The standard InChI is InChI=1S/C21H12BrIN2O3/c22-13-3-1-12(2-4-13)19(26)24-15-7-10-17-18(11-15)21(28)25(20(17)27)16-8-5-14(23)6-9-16/h1-11H,(H,24,26). The summed E-state index contributed by atoms with van der Waals surface area (Å²) in [4.78, 5) is 39.1. The number of fused-ring (bicyclic) bond motifs is 1. The van der Waals surface area contributed by atoms with Gasteiger partial charge in [0.1, 0.15) is 0 Å². The fraction of sp³-hybridized carbons (Fsp3) is 0. The lowest BCUT2D eigenvalue weighted by Gasteiger charge is -2.13. The van der Waals surface area contributed by atoms with E-state index in [-0.39, 0.29) is 17.4 Å². The molecule has 1 aliphatic heterocycles. The Labute approximate surface area is 183 Å². The Morgan fingerprint density at radius 1 is 0.857 bits per heavy atom. The molecule has 0 spiro atoms. The zero-order chi connectivity index (χ0) is 19.8. The van der Waals surface area contributed by atoms with Crippen LogP contribution in [-0.2, 0) is 0 Å². The number of nitrogens with one attached hydrogen (secondary N) is 1. The molecular weight excluding hydrogens is 535 g/mol. The number of hydrogen-bond donors (Lipinski definition) is 1. The topological polar surface area (TPSA) is 66.5 Å². The van der Waals surface area contributed by atoms with E-state index in [1.54, 1.807) is 54.6 Å². The number of carbonyl (C=O) groups is 3. The molecule has 3 aromatic carbocycles. The second kappa shape index (κ2) is 7.48. The summed E-state index contributed by atoms with van der Waals surface area (Å²) in [5, 5.41) is 2.77.